The summed E-state index contributed by atoms with van der Waals surface area (Å²) in [6.07, 6.45) is 1.96. The minimum atomic E-state index is 0.0167. The molecule has 7 heteroatoms. The van der Waals surface area contributed by atoms with E-state index in [1.54, 1.807) is 0 Å². The highest BCUT2D eigenvalue weighted by Gasteiger charge is 2.15. The van der Waals surface area contributed by atoms with Crippen LogP contribution in [-0.4, -0.2) is 31.4 Å². The lowest BCUT2D eigenvalue weighted by molar-refractivity contribution is 0.353. The second kappa shape index (κ2) is 4.40. The molecule has 3 N–H and O–H groups in total. The maximum absolute atomic E-state index is 5.91. The molecule has 0 aliphatic carbocycles. The number of aromatic nitrogens is 5. The number of nitrogens with zero attached hydrogens (tertiary/aromatic N) is 4. The van der Waals surface area contributed by atoms with Crippen LogP contribution in [0.5, 0.6) is 0 Å². The smallest absolute Gasteiger partial charge is 0.239 e. The van der Waals surface area contributed by atoms with Crippen LogP contribution in [0.15, 0.2) is 10.9 Å². The van der Waals surface area contributed by atoms with E-state index in [1.165, 1.54) is 6.33 Å². The molecular weight excluding hydrogens is 208 g/mol. The van der Waals surface area contributed by atoms with Crippen LogP contribution >= 0.6 is 0 Å². The first-order chi connectivity index (χ1) is 7.66. The summed E-state index contributed by atoms with van der Waals surface area (Å²) in [4.78, 5) is 8.11. The summed E-state index contributed by atoms with van der Waals surface area (Å²) in [5.41, 5.74) is 5.91. The molecular formula is C9H14N6O. The van der Waals surface area contributed by atoms with Gasteiger partial charge in [-0.1, -0.05) is 19.0 Å². The Bertz CT molecular complexity index is 435. The summed E-state index contributed by atoms with van der Waals surface area (Å²) in [6.45, 7) is 4.11. The average molecular weight is 222 g/mol. The summed E-state index contributed by atoms with van der Waals surface area (Å²) in [6, 6.07) is 0.0167. The van der Waals surface area contributed by atoms with Crippen molar-refractivity contribution in [1.82, 2.24) is 25.3 Å². The Morgan fingerprint density at radius 2 is 2.31 bits per heavy atom. The summed E-state index contributed by atoms with van der Waals surface area (Å²) in [7, 11) is 0. The molecule has 0 bridgehead atoms. The molecule has 86 valence electrons. The molecule has 7 nitrogen and oxygen atoms in total. The molecule has 2 heterocycles. The molecule has 2 rings (SSSR count). The number of hydrogen-bond donors (Lipinski definition) is 2. The van der Waals surface area contributed by atoms with E-state index in [1.807, 2.05) is 0 Å². The van der Waals surface area contributed by atoms with E-state index in [2.05, 4.69) is 39.2 Å². The van der Waals surface area contributed by atoms with Crippen molar-refractivity contribution in [3.8, 4) is 11.6 Å². The summed E-state index contributed by atoms with van der Waals surface area (Å²) < 4.78 is 5.08. The highest BCUT2D eigenvalue weighted by Crippen LogP contribution is 2.11. The van der Waals surface area contributed by atoms with Crippen LogP contribution in [-0.2, 0) is 6.42 Å². The Kier molecular flexibility index (Phi) is 2.95. The first-order valence-corrected chi connectivity index (χ1v) is 5.10. The van der Waals surface area contributed by atoms with Crippen LogP contribution in [0.4, 0.5) is 0 Å². The van der Waals surface area contributed by atoms with Gasteiger partial charge in [0, 0.05) is 12.5 Å². The molecule has 0 aliphatic heterocycles. The van der Waals surface area contributed by atoms with E-state index < -0.39 is 0 Å². The first-order valence-electron chi connectivity index (χ1n) is 5.10. The van der Waals surface area contributed by atoms with Crippen molar-refractivity contribution < 1.29 is 4.52 Å². The van der Waals surface area contributed by atoms with Gasteiger partial charge in [0.15, 0.2) is 5.82 Å². The molecule has 0 aromatic carbocycles. The molecule has 0 saturated carbocycles. The maximum atomic E-state index is 5.91. The van der Waals surface area contributed by atoms with Crippen molar-refractivity contribution >= 4 is 0 Å². The van der Waals surface area contributed by atoms with Gasteiger partial charge in [0.05, 0.1) is 0 Å². The topological polar surface area (TPSA) is 107 Å². The Labute approximate surface area is 92.5 Å². The van der Waals surface area contributed by atoms with E-state index >= 15 is 0 Å². The van der Waals surface area contributed by atoms with Crippen molar-refractivity contribution in [3.63, 3.8) is 0 Å². The molecule has 0 fully saturated rings. The van der Waals surface area contributed by atoms with Gasteiger partial charge in [-0.15, -0.1) is 0 Å². The largest absolute Gasteiger partial charge is 0.339 e. The Morgan fingerprint density at radius 3 is 2.94 bits per heavy atom. The van der Waals surface area contributed by atoms with Crippen molar-refractivity contribution in [2.45, 2.75) is 26.3 Å². The lowest BCUT2D eigenvalue weighted by Gasteiger charge is -2.11. The molecule has 1 atom stereocenters. The Balaban J connectivity index is 2.08. The Morgan fingerprint density at radius 1 is 1.50 bits per heavy atom. The molecule has 16 heavy (non-hydrogen) atoms. The number of H-pyrrole nitrogens is 1. The first kappa shape index (κ1) is 10.7. The molecule has 0 radical (unpaired) electrons. The monoisotopic (exact) mass is 222 g/mol. The number of rotatable bonds is 4. The molecule has 1 unspecified atom stereocenters. The third-order valence-electron chi connectivity index (χ3n) is 2.36. The van der Waals surface area contributed by atoms with Crippen LogP contribution in [0.3, 0.4) is 0 Å². The summed E-state index contributed by atoms with van der Waals surface area (Å²) in [5.74, 6) is 1.80. The number of nitrogens with two attached hydrogens (primary N) is 1. The van der Waals surface area contributed by atoms with Gasteiger partial charge in [-0.05, 0) is 5.92 Å². The van der Waals surface area contributed by atoms with Gasteiger partial charge in [-0.3, -0.25) is 5.10 Å². The highest BCUT2D eigenvalue weighted by molar-refractivity contribution is 5.39. The predicted octanol–water partition coefficient (Wildman–Crippen LogP) is 0.380. The van der Waals surface area contributed by atoms with Crippen molar-refractivity contribution in [1.29, 1.82) is 0 Å². The average Bonchev–Trinajstić information content (AvgIpc) is 2.85. The predicted molar refractivity (Wildman–Crippen MR) is 56.2 cm³/mol. The third-order valence-corrected chi connectivity index (χ3v) is 2.36. The lowest BCUT2D eigenvalue weighted by atomic mass is 10.0. The zero-order valence-corrected chi connectivity index (χ0v) is 9.21. The minimum Gasteiger partial charge on any atom is -0.339 e. The van der Waals surface area contributed by atoms with Crippen LogP contribution in [0.25, 0.3) is 11.6 Å². The van der Waals surface area contributed by atoms with Gasteiger partial charge >= 0.3 is 0 Å². The second-order valence-corrected chi connectivity index (χ2v) is 3.96. The Hall–Kier alpha value is -1.76. The fourth-order valence-electron chi connectivity index (χ4n) is 1.18. The lowest BCUT2D eigenvalue weighted by Crippen LogP contribution is -2.28. The van der Waals surface area contributed by atoms with Gasteiger partial charge in [-0.25, -0.2) is 4.98 Å². The van der Waals surface area contributed by atoms with Crippen LogP contribution in [0.2, 0.25) is 0 Å². The third kappa shape index (κ3) is 2.25. The fraction of sp³-hybridized carbons (Fsp3) is 0.556. The standard InChI is InChI=1S/C9H14N6O/c1-5(2)6(10)3-7-13-9(15-16-7)8-11-4-12-14-8/h4-6H,3,10H2,1-2H3,(H,11,12,14). The van der Waals surface area contributed by atoms with E-state index in [-0.39, 0.29) is 6.04 Å². The van der Waals surface area contributed by atoms with Gasteiger partial charge in [-0.2, -0.15) is 10.1 Å². The molecule has 0 amide bonds. The van der Waals surface area contributed by atoms with Gasteiger partial charge < -0.3 is 10.3 Å². The summed E-state index contributed by atoms with van der Waals surface area (Å²) in [5, 5.41) is 10.2. The molecule has 0 aliphatic rings. The van der Waals surface area contributed by atoms with Crippen molar-refractivity contribution in [2.75, 3.05) is 0 Å². The van der Waals surface area contributed by atoms with E-state index in [0.29, 0.717) is 29.9 Å². The number of hydrogen-bond acceptors (Lipinski definition) is 6. The van der Waals surface area contributed by atoms with Crippen LogP contribution < -0.4 is 5.73 Å². The van der Waals surface area contributed by atoms with Gasteiger partial charge in [0.1, 0.15) is 6.33 Å². The summed E-state index contributed by atoms with van der Waals surface area (Å²) >= 11 is 0. The van der Waals surface area contributed by atoms with Gasteiger partial charge in [0.2, 0.25) is 11.7 Å². The van der Waals surface area contributed by atoms with Crippen molar-refractivity contribution in [2.24, 2.45) is 11.7 Å². The molecule has 0 saturated heterocycles. The highest BCUT2D eigenvalue weighted by atomic mass is 16.5. The van der Waals surface area contributed by atoms with E-state index in [0.717, 1.165) is 0 Å². The fourth-order valence-corrected chi connectivity index (χ4v) is 1.18. The van der Waals surface area contributed by atoms with Crippen LogP contribution in [0.1, 0.15) is 19.7 Å². The number of nitrogens with one attached hydrogen (secondary N) is 1. The van der Waals surface area contributed by atoms with Crippen LogP contribution in [0, 0.1) is 5.92 Å². The molecule has 0 spiro atoms. The zero-order chi connectivity index (χ0) is 11.5. The maximum Gasteiger partial charge on any atom is 0.239 e. The van der Waals surface area contributed by atoms with E-state index in [9.17, 15) is 0 Å². The molecule has 2 aromatic rings. The quantitative estimate of drug-likeness (QED) is 0.774. The SMILES string of the molecule is CC(C)C(N)Cc1nc(-c2ncn[nH]2)no1. The molecule has 2 aromatic heterocycles. The van der Waals surface area contributed by atoms with Crippen molar-refractivity contribution in [3.05, 3.63) is 12.2 Å². The normalized spacial score (nSPS) is 13.2. The number of aromatic amines is 1. The zero-order valence-electron chi connectivity index (χ0n) is 9.21. The van der Waals surface area contributed by atoms with Gasteiger partial charge in [0.25, 0.3) is 0 Å². The minimum absolute atomic E-state index is 0.0167. The van der Waals surface area contributed by atoms with E-state index in [4.69, 9.17) is 10.3 Å². The second-order valence-electron chi connectivity index (χ2n) is 3.96.